The lowest BCUT2D eigenvalue weighted by Crippen LogP contribution is -2.31. The van der Waals surface area contributed by atoms with Gasteiger partial charge in [-0.3, -0.25) is 0 Å². The van der Waals surface area contributed by atoms with Crippen LogP contribution in [0.15, 0.2) is 0 Å². The molecule has 0 spiro atoms. The first-order valence-electron chi connectivity index (χ1n) is 7.02. The van der Waals surface area contributed by atoms with Crippen molar-refractivity contribution in [2.75, 3.05) is 0 Å². The summed E-state index contributed by atoms with van der Waals surface area (Å²) in [6.07, 6.45) is 12.3. The van der Waals surface area contributed by atoms with Gasteiger partial charge in [0.25, 0.3) is 0 Å². The van der Waals surface area contributed by atoms with Crippen molar-refractivity contribution in [2.24, 2.45) is 23.7 Å². The van der Waals surface area contributed by atoms with Crippen molar-refractivity contribution in [3.05, 3.63) is 0 Å². The van der Waals surface area contributed by atoms with Crippen LogP contribution in [0.25, 0.3) is 0 Å². The number of hydrogen-bond acceptors (Lipinski definition) is 1. The molecule has 1 nitrogen and oxygen atoms in total. The molecule has 0 heterocycles. The highest BCUT2D eigenvalue weighted by Gasteiger charge is 2.42. The van der Waals surface area contributed by atoms with Gasteiger partial charge in [-0.15, -0.1) is 0 Å². The molecule has 3 saturated carbocycles. The van der Waals surface area contributed by atoms with Gasteiger partial charge in [0.05, 0.1) is 6.10 Å². The quantitative estimate of drug-likeness (QED) is 0.647. The molecule has 3 aliphatic rings. The van der Waals surface area contributed by atoms with E-state index < -0.39 is 0 Å². The Balaban J connectivity index is 1.74. The highest BCUT2D eigenvalue weighted by atomic mass is 16.3. The maximum atomic E-state index is 9.78. The van der Waals surface area contributed by atoms with Crippen LogP contribution >= 0.6 is 0 Å². The van der Waals surface area contributed by atoms with Gasteiger partial charge in [0.1, 0.15) is 0 Å². The van der Waals surface area contributed by atoms with Gasteiger partial charge < -0.3 is 5.11 Å². The Bertz CT molecular complexity index is 225. The van der Waals surface area contributed by atoms with Gasteiger partial charge in [-0.05, 0) is 68.6 Å². The molecule has 0 radical (unpaired) electrons. The second-order valence-corrected chi connectivity index (χ2v) is 6.16. The number of aliphatic hydroxyl groups is 1. The number of aliphatic hydroxyl groups excluding tert-OH is 1. The first-order chi connectivity index (χ1) is 7.34. The van der Waals surface area contributed by atoms with E-state index in [1.807, 2.05) is 0 Å². The highest BCUT2D eigenvalue weighted by Crippen LogP contribution is 2.51. The predicted molar refractivity (Wildman–Crippen MR) is 61.5 cm³/mol. The Labute approximate surface area is 93.3 Å². The van der Waals surface area contributed by atoms with E-state index >= 15 is 0 Å². The average molecular weight is 208 g/mol. The lowest BCUT2D eigenvalue weighted by molar-refractivity contribution is 0.104. The summed E-state index contributed by atoms with van der Waals surface area (Å²) < 4.78 is 0. The SMILES string of the molecule is OC1CCC2CCC3CCCC3C2CC1. The van der Waals surface area contributed by atoms with Crippen LogP contribution < -0.4 is 0 Å². The summed E-state index contributed by atoms with van der Waals surface area (Å²) >= 11 is 0. The third kappa shape index (κ3) is 1.84. The smallest absolute Gasteiger partial charge is 0.0540 e. The van der Waals surface area contributed by atoms with E-state index in [0.717, 1.165) is 36.5 Å². The van der Waals surface area contributed by atoms with Gasteiger partial charge in [-0.2, -0.15) is 0 Å². The summed E-state index contributed by atoms with van der Waals surface area (Å²) in [5.74, 6) is 4.08. The van der Waals surface area contributed by atoms with Gasteiger partial charge >= 0.3 is 0 Å². The number of rotatable bonds is 0. The van der Waals surface area contributed by atoms with Crippen molar-refractivity contribution in [1.82, 2.24) is 0 Å². The summed E-state index contributed by atoms with van der Waals surface area (Å²) in [6, 6.07) is 0. The minimum absolute atomic E-state index is 0.0236. The molecule has 0 saturated heterocycles. The molecular formula is C14H24O. The molecule has 5 atom stereocenters. The molecule has 0 aromatic rings. The lowest BCUT2D eigenvalue weighted by Gasteiger charge is -2.39. The monoisotopic (exact) mass is 208 g/mol. The van der Waals surface area contributed by atoms with Crippen LogP contribution in [0.2, 0.25) is 0 Å². The van der Waals surface area contributed by atoms with Crippen LogP contribution in [0.3, 0.4) is 0 Å². The van der Waals surface area contributed by atoms with Gasteiger partial charge in [0.2, 0.25) is 0 Å². The molecule has 1 heteroatoms. The second-order valence-electron chi connectivity index (χ2n) is 6.16. The largest absolute Gasteiger partial charge is 0.393 e. The molecular weight excluding hydrogens is 184 g/mol. The Hall–Kier alpha value is -0.0400. The van der Waals surface area contributed by atoms with Crippen molar-refractivity contribution >= 4 is 0 Å². The third-order valence-electron chi connectivity index (χ3n) is 5.49. The first-order valence-corrected chi connectivity index (χ1v) is 7.02. The van der Waals surface area contributed by atoms with E-state index in [1.54, 1.807) is 0 Å². The zero-order chi connectivity index (χ0) is 10.3. The van der Waals surface area contributed by atoms with Gasteiger partial charge in [-0.25, -0.2) is 0 Å². The van der Waals surface area contributed by atoms with E-state index in [0.29, 0.717) is 0 Å². The van der Waals surface area contributed by atoms with Gasteiger partial charge in [-0.1, -0.05) is 12.8 Å². The van der Waals surface area contributed by atoms with Crippen molar-refractivity contribution in [3.8, 4) is 0 Å². The highest BCUT2D eigenvalue weighted by molar-refractivity contribution is 4.92. The third-order valence-corrected chi connectivity index (χ3v) is 5.49. The normalized spacial score (nSPS) is 50.6. The molecule has 3 aliphatic carbocycles. The minimum Gasteiger partial charge on any atom is -0.393 e. The summed E-state index contributed by atoms with van der Waals surface area (Å²) in [5, 5.41) is 9.78. The summed E-state index contributed by atoms with van der Waals surface area (Å²) in [4.78, 5) is 0. The van der Waals surface area contributed by atoms with Crippen LogP contribution in [-0.4, -0.2) is 11.2 Å². The fourth-order valence-corrected chi connectivity index (χ4v) is 4.72. The van der Waals surface area contributed by atoms with Crippen molar-refractivity contribution in [2.45, 2.75) is 63.9 Å². The predicted octanol–water partition coefficient (Wildman–Crippen LogP) is 3.36. The first kappa shape index (κ1) is 10.1. The molecule has 86 valence electrons. The zero-order valence-corrected chi connectivity index (χ0v) is 9.70. The second kappa shape index (κ2) is 4.08. The van der Waals surface area contributed by atoms with Gasteiger partial charge in [0, 0.05) is 0 Å². The zero-order valence-electron chi connectivity index (χ0n) is 9.70. The van der Waals surface area contributed by atoms with E-state index in [4.69, 9.17) is 0 Å². The fraction of sp³-hybridized carbons (Fsp3) is 1.00. The summed E-state index contributed by atoms with van der Waals surface area (Å²) in [6.45, 7) is 0. The van der Waals surface area contributed by atoms with Crippen molar-refractivity contribution in [3.63, 3.8) is 0 Å². The van der Waals surface area contributed by atoms with Crippen LogP contribution in [0, 0.1) is 23.7 Å². The van der Waals surface area contributed by atoms with Crippen LogP contribution in [0.5, 0.6) is 0 Å². The average Bonchev–Trinajstić information content (AvgIpc) is 2.64. The lowest BCUT2D eigenvalue weighted by atomic mass is 9.66. The number of hydrogen-bond donors (Lipinski definition) is 1. The Kier molecular flexibility index (Phi) is 2.76. The van der Waals surface area contributed by atoms with E-state index in [1.165, 1.54) is 44.9 Å². The summed E-state index contributed by atoms with van der Waals surface area (Å²) in [7, 11) is 0. The van der Waals surface area contributed by atoms with Crippen LogP contribution in [-0.2, 0) is 0 Å². The maximum absolute atomic E-state index is 9.78. The van der Waals surface area contributed by atoms with E-state index in [-0.39, 0.29) is 6.10 Å². The van der Waals surface area contributed by atoms with E-state index in [2.05, 4.69) is 0 Å². The molecule has 5 unspecified atom stereocenters. The topological polar surface area (TPSA) is 20.2 Å². The fourth-order valence-electron chi connectivity index (χ4n) is 4.72. The van der Waals surface area contributed by atoms with E-state index in [9.17, 15) is 5.11 Å². The minimum atomic E-state index is 0.0236. The van der Waals surface area contributed by atoms with Gasteiger partial charge in [0.15, 0.2) is 0 Å². The molecule has 0 aliphatic heterocycles. The molecule has 15 heavy (non-hydrogen) atoms. The molecule has 0 amide bonds. The van der Waals surface area contributed by atoms with Crippen molar-refractivity contribution < 1.29 is 5.11 Å². The Morgan fingerprint density at radius 3 is 2.07 bits per heavy atom. The van der Waals surface area contributed by atoms with Crippen LogP contribution in [0.1, 0.15) is 57.8 Å². The molecule has 3 fully saturated rings. The molecule has 0 bridgehead atoms. The maximum Gasteiger partial charge on any atom is 0.0540 e. The standard InChI is InChI=1S/C14H24O/c15-12-7-6-11-5-4-10-2-1-3-13(10)14(11)9-8-12/h10-15H,1-9H2. The Morgan fingerprint density at radius 1 is 0.600 bits per heavy atom. The molecule has 0 aromatic heterocycles. The summed E-state index contributed by atoms with van der Waals surface area (Å²) in [5.41, 5.74) is 0. The van der Waals surface area contributed by atoms with Crippen LogP contribution in [0.4, 0.5) is 0 Å². The molecule has 0 aromatic carbocycles. The Morgan fingerprint density at radius 2 is 1.20 bits per heavy atom. The van der Waals surface area contributed by atoms with Crippen molar-refractivity contribution in [1.29, 1.82) is 0 Å². The molecule has 1 N–H and O–H groups in total. The number of fused-ring (bicyclic) bond motifs is 3. The molecule has 3 rings (SSSR count).